The van der Waals surface area contributed by atoms with Crippen molar-refractivity contribution in [2.45, 2.75) is 52.0 Å². The fourth-order valence-corrected chi connectivity index (χ4v) is 3.54. The van der Waals surface area contributed by atoms with Gasteiger partial charge in [0.1, 0.15) is 0 Å². The molecule has 2 amide bonds. The molecular weight excluding hydrogens is 368 g/mol. The second-order valence-corrected chi connectivity index (χ2v) is 8.41. The number of rotatable bonds is 9. The Balaban J connectivity index is 1.92. The van der Waals surface area contributed by atoms with Gasteiger partial charge in [0, 0.05) is 18.3 Å². The van der Waals surface area contributed by atoms with Crippen LogP contribution in [0.2, 0.25) is 0 Å². The third kappa shape index (κ3) is 6.71. The number of anilines is 1. The largest absolute Gasteiger partial charge is 0.335 e. The molecule has 0 bridgehead atoms. The first kappa shape index (κ1) is 22.0. The van der Waals surface area contributed by atoms with Crippen LogP contribution in [0.25, 0.3) is 0 Å². The number of carbonyl (C=O) groups is 2. The highest BCUT2D eigenvalue weighted by molar-refractivity contribution is 8.01. The molecular formula is C23H30N2O2S. The second kappa shape index (κ2) is 10.9. The van der Waals surface area contributed by atoms with Crippen LogP contribution >= 0.6 is 11.8 Å². The van der Waals surface area contributed by atoms with Crippen molar-refractivity contribution in [1.82, 2.24) is 4.90 Å². The van der Waals surface area contributed by atoms with Gasteiger partial charge in [0.15, 0.2) is 0 Å². The predicted molar refractivity (Wildman–Crippen MR) is 118 cm³/mol. The summed E-state index contributed by atoms with van der Waals surface area (Å²) in [6, 6.07) is 17.9. The van der Waals surface area contributed by atoms with E-state index in [0.717, 1.165) is 23.2 Å². The van der Waals surface area contributed by atoms with Gasteiger partial charge in [-0.3, -0.25) is 9.59 Å². The number of nitrogens with one attached hydrogen (secondary N) is 1. The minimum atomic E-state index is -0.276. The van der Waals surface area contributed by atoms with E-state index in [4.69, 9.17) is 0 Å². The van der Waals surface area contributed by atoms with E-state index in [0.29, 0.717) is 6.54 Å². The molecule has 0 aliphatic heterocycles. The van der Waals surface area contributed by atoms with Crippen LogP contribution in [0.15, 0.2) is 54.6 Å². The van der Waals surface area contributed by atoms with Crippen LogP contribution in [0.1, 0.15) is 38.3 Å². The molecule has 0 fully saturated rings. The molecule has 150 valence electrons. The zero-order valence-corrected chi connectivity index (χ0v) is 18.0. The molecule has 0 radical (unpaired) electrons. The summed E-state index contributed by atoms with van der Waals surface area (Å²) >= 11 is 1.38. The van der Waals surface area contributed by atoms with Gasteiger partial charge in [0.05, 0.1) is 11.0 Å². The van der Waals surface area contributed by atoms with Gasteiger partial charge in [-0.05, 0) is 44.9 Å². The molecule has 0 aromatic heterocycles. The summed E-state index contributed by atoms with van der Waals surface area (Å²) in [5.41, 5.74) is 3.04. The molecule has 1 N–H and O–H groups in total. The Labute approximate surface area is 172 Å². The molecule has 0 heterocycles. The molecule has 2 aromatic rings. The van der Waals surface area contributed by atoms with Crippen molar-refractivity contribution in [3.63, 3.8) is 0 Å². The lowest BCUT2D eigenvalue weighted by Crippen LogP contribution is -2.42. The lowest BCUT2D eigenvalue weighted by molar-refractivity contribution is -0.133. The van der Waals surface area contributed by atoms with E-state index in [1.54, 1.807) is 0 Å². The Morgan fingerprint density at radius 2 is 1.68 bits per heavy atom. The lowest BCUT2D eigenvalue weighted by atomic mass is 10.1. The molecule has 0 aliphatic carbocycles. The minimum absolute atomic E-state index is 0.0753. The summed E-state index contributed by atoms with van der Waals surface area (Å²) in [5.74, 6) is 0.235. The van der Waals surface area contributed by atoms with Gasteiger partial charge in [0.25, 0.3) is 0 Å². The van der Waals surface area contributed by atoms with Crippen molar-refractivity contribution in [2.75, 3.05) is 11.1 Å². The summed E-state index contributed by atoms with van der Waals surface area (Å²) in [7, 11) is 0. The number of hydrogen-bond acceptors (Lipinski definition) is 3. The molecule has 5 heteroatoms. The Hall–Kier alpha value is -2.27. The number of aryl methyl sites for hydroxylation is 1. The first-order valence-corrected chi connectivity index (χ1v) is 10.8. The molecule has 0 saturated heterocycles. The van der Waals surface area contributed by atoms with E-state index in [1.165, 1.54) is 11.8 Å². The predicted octanol–water partition coefficient (Wildman–Crippen LogP) is 4.88. The molecule has 0 unspecified atom stereocenters. The van der Waals surface area contributed by atoms with Gasteiger partial charge in [-0.15, -0.1) is 11.8 Å². The van der Waals surface area contributed by atoms with Crippen LogP contribution in [0.3, 0.4) is 0 Å². The highest BCUT2D eigenvalue weighted by atomic mass is 32.2. The average molecular weight is 399 g/mol. The van der Waals surface area contributed by atoms with E-state index >= 15 is 0 Å². The summed E-state index contributed by atoms with van der Waals surface area (Å²) in [6.45, 7) is 8.64. The number of thioether (sulfide) groups is 1. The SMILES string of the molecule is CC[C@H](C)N(Cc1ccccc1)C(=O)[C@@H](C)SCC(=O)Nc1ccc(C)cc1. The monoisotopic (exact) mass is 398 g/mol. The number of benzene rings is 2. The van der Waals surface area contributed by atoms with E-state index in [1.807, 2.05) is 73.3 Å². The maximum absolute atomic E-state index is 13.0. The highest BCUT2D eigenvalue weighted by Gasteiger charge is 2.25. The van der Waals surface area contributed by atoms with E-state index in [-0.39, 0.29) is 28.9 Å². The van der Waals surface area contributed by atoms with Gasteiger partial charge in [0.2, 0.25) is 11.8 Å². The normalized spacial score (nSPS) is 12.9. The fraction of sp³-hybridized carbons (Fsp3) is 0.391. The minimum Gasteiger partial charge on any atom is -0.335 e. The van der Waals surface area contributed by atoms with Crippen molar-refractivity contribution >= 4 is 29.3 Å². The van der Waals surface area contributed by atoms with Crippen LogP contribution in [-0.2, 0) is 16.1 Å². The third-order valence-corrected chi connectivity index (χ3v) is 5.88. The number of carbonyl (C=O) groups excluding carboxylic acids is 2. The van der Waals surface area contributed by atoms with Gasteiger partial charge < -0.3 is 10.2 Å². The van der Waals surface area contributed by atoms with Gasteiger partial charge in [-0.25, -0.2) is 0 Å². The summed E-state index contributed by atoms with van der Waals surface area (Å²) in [4.78, 5) is 27.2. The lowest BCUT2D eigenvalue weighted by Gasteiger charge is -2.31. The second-order valence-electron chi connectivity index (χ2n) is 7.08. The van der Waals surface area contributed by atoms with Crippen molar-refractivity contribution in [3.05, 3.63) is 65.7 Å². The molecule has 0 aliphatic rings. The number of nitrogens with zero attached hydrogens (tertiary/aromatic N) is 1. The van der Waals surface area contributed by atoms with Crippen LogP contribution in [0.5, 0.6) is 0 Å². The molecule has 0 saturated carbocycles. The van der Waals surface area contributed by atoms with Crippen LogP contribution in [0.4, 0.5) is 5.69 Å². The van der Waals surface area contributed by atoms with Crippen molar-refractivity contribution in [2.24, 2.45) is 0 Å². The quantitative estimate of drug-likeness (QED) is 0.655. The van der Waals surface area contributed by atoms with Crippen molar-refractivity contribution in [3.8, 4) is 0 Å². The maximum atomic E-state index is 13.0. The first-order chi connectivity index (χ1) is 13.4. The van der Waals surface area contributed by atoms with Gasteiger partial charge in [-0.2, -0.15) is 0 Å². The summed E-state index contributed by atoms with van der Waals surface area (Å²) < 4.78 is 0. The molecule has 2 rings (SSSR count). The topological polar surface area (TPSA) is 49.4 Å². The Kier molecular flexibility index (Phi) is 8.58. The zero-order chi connectivity index (χ0) is 20.5. The van der Waals surface area contributed by atoms with Crippen molar-refractivity contribution < 1.29 is 9.59 Å². The molecule has 0 spiro atoms. The fourth-order valence-electron chi connectivity index (χ4n) is 2.79. The van der Waals surface area contributed by atoms with Crippen LogP contribution in [-0.4, -0.2) is 33.8 Å². The smallest absolute Gasteiger partial charge is 0.235 e. The van der Waals surface area contributed by atoms with E-state index < -0.39 is 0 Å². The standard InChI is InChI=1S/C23H30N2O2S/c1-5-18(3)25(15-20-9-7-6-8-10-20)23(27)19(4)28-16-22(26)24-21-13-11-17(2)12-14-21/h6-14,18-19H,5,15-16H2,1-4H3,(H,24,26)/t18-,19+/m0/s1. The first-order valence-electron chi connectivity index (χ1n) is 9.73. The number of amides is 2. The summed E-state index contributed by atoms with van der Waals surface area (Å²) in [6.07, 6.45) is 0.893. The summed E-state index contributed by atoms with van der Waals surface area (Å²) in [5, 5.41) is 2.61. The molecule has 28 heavy (non-hydrogen) atoms. The van der Waals surface area contributed by atoms with E-state index in [9.17, 15) is 9.59 Å². The van der Waals surface area contributed by atoms with Crippen LogP contribution in [0, 0.1) is 6.92 Å². The average Bonchev–Trinajstić information content (AvgIpc) is 2.71. The third-order valence-electron chi connectivity index (χ3n) is 4.75. The molecule has 4 nitrogen and oxygen atoms in total. The Morgan fingerprint density at radius 1 is 1.04 bits per heavy atom. The molecule has 2 atom stereocenters. The highest BCUT2D eigenvalue weighted by Crippen LogP contribution is 2.19. The van der Waals surface area contributed by atoms with Crippen LogP contribution < -0.4 is 5.32 Å². The Bertz CT molecular complexity index is 762. The van der Waals surface area contributed by atoms with Crippen molar-refractivity contribution in [1.29, 1.82) is 0 Å². The van der Waals surface area contributed by atoms with E-state index in [2.05, 4.69) is 19.2 Å². The molecule has 2 aromatic carbocycles. The van der Waals surface area contributed by atoms with Gasteiger partial charge >= 0.3 is 0 Å². The Morgan fingerprint density at radius 3 is 2.29 bits per heavy atom. The number of hydrogen-bond donors (Lipinski definition) is 1. The zero-order valence-electron chi connectivity index (χ0n) is 17.1. The van der Waals surface area contributed by atoms with Gasteiger partial charge in [-0.1, -0.05) is 55.0 Å². The maximum Gasteiger partial charge on any atom is 0.235 e.